The van der Waals surface area contributed by atoms with Gasteiger partial charge in [0.1, 0.15) is 11.5 Å². The summed E-state index contributed by atoms with van der Waals surface area (Å²) in [6.07, 6.45) is 2.38. The van der Waals surface area contributed by atoms with Crippen molar-refractivity contribution in [1.82, 2.24) is 15.4 Å². The van der Waals surface area contributed by atoms with Gasteiger partial charge in [-0.1, -0.05) is 29.8 Å². The molecule has 1 aromatic heterocycles. The normalized spacial score (nSPS) is 10.6. The summed E-state index contributed by atoms with van der Waals surface area (Å²) in [4.78, 5) is 0. The Morgan fingerprint density at radius 3 is 2.17 bits per heavy atom. The van der Waals surface area contributed by atoms with E-state index in [1.54, 1.807) is 20.4 Å². The molecule has 23 heavy (non-hydrogen) atoms. The maximum absolute atomic E-state index is 5.61. The minimum absolute atomic E-state index is 0.664. The molecule has 5 nitrogen and oxygen atoms in total. The first-order valence-corrected chi connectivity index (χ1v) is 7.38. The molecule has 1 heterocycles. The lowest BCUT2D eigenvalue weighted by Gasteiger charge is -2.15. The van der Waals surface area contributed by atoms with E-state index >= 15 is 0 Å². The zero-order chi connectivity index (χ0) is 16.2. The van der Waals surface area contributed by atoms with Crippen molar-refractivity contribution < 1.29 is 9.47 Å². The van der Waals surface area contributed by atoms with Gasteiger partial charge in [-0.05, 0) is 30.2 Å². The number of nitrogens with zero attached hydrogens (tertiary/aromatic N) is 2. The second kappa shape index (κ2) is 6.52. The van der Waals surface area contributed by atoms with Gasteiger partial charge < -0.3 is 9.47 Å². The number of rotatable bonds is 5. The van der Waals surface area contributed by atoms with Crippen LogP contribution in [0.25, 0.3) is 11.1 Å². The minimum Gasteiger partial charge on any atom is -0.496 e. The second-order valence-corrected chi connectivity index (χ2v) is 5.38. The number of aryl methyl sites for hydroxylation is 1. The molecule has 0 saturated carbocycles. The smallest absolute Gasteiger partial charge is 0.130 e. The number of nitrogens with one attached hydrogen (secondary N) is 1. The quantitative estimate of drug-likeness (QED) is 0.785. The fourth-order valence-corrected chi connectivity index (χ4v) is 2.59. The largest absolute Gasteiger partial charge is 0.496 e. The summed E-state index contributed by atoms with van der Waals surface area (Å²) >= 11 is 0. The van der Waals surface area contributed by atoms with Crippen molar-refractivity contribution in [2.75, 3.05) is 14.2 Å². The van der Waals surface area contributed by atoms with Gasteiger partial charge in [-0.3, -0.25) is 0 Å². The van der Waals surface area contributed by atoms with Gasteiger partial charge in [0.2, 0.25) is 0 Å². The number of hydrogen-bond acceptors (Lipinski definition) is 4. The molecular formula is C18H19N3O2. The van der Waals surface area contributed by atoms with Crippen molar-refractivity contribution >= 4 is 0 Å². The zero-order valence-electron chi connectivity index (χ0n) is 13.5. The van der Waals surface area contributed by atoms with Crippen molar-refractivity contribution in [2.45, 2.75) is 13.3 Å². The summed E-state index contributed by atoms with van der Waals surface area (Å²) in [6, 6.07) is 12.4. The minimum atomic E-state index is 0.664. The Labute approximate surface area is 135 Å². The van der Waals surface area contributed by atoms with Gasteiger partial charge in [0.05, 0.1) is 31.7 Å². The molecule has 0 spiro atoms. The molecule has 3 rings (SSSR count). The maximum atomic E-state index is 5.61. The molecule has 1 N–H and O–H groups in total. The Balaban J connectivity index is 2.06. The van der Waals surface area contributed by atoms with Crippen molar-refractivity contribution in [1.29, 1.82) is 0 Å². The lowest BCUT2D eigenvalue weighted by Crippen LogP contribution is -1.97. The SMILES string of the molecule is COc1cc(Cc2cn[nH]n2)cc(OC)c1-c1ccc(C)cc1. The molecule has 0 atom stereocenters. The third-order valence-electron chi connectivity index (χ3n) is 3.76. The number of methoxy groups -OCH3 is 2. The Bertz CT molecular complexity index is 756. The predicted molar refractivity (Wildman–Crippen MR) is 88.9 cm³/mol. The molecule has 0 fully saturated rings. The van der Waals surface area contributed by atoms with E-state index in [4.69, 9.17) is 9.47 Å². The monoisotopic (exact) mass is 309 g/mol. The highest BCUT2D eigenvalue weighted by molar-refractivity contribution is 5.77. The lowest BCUT2D eigenvalue weighted by atomic mass is 9.98. The van der Waals surface area contributed by atoms with Crippen LogP contribution in [0.4, 0.5) is 0 Å². The predicted octanol–water partition coefficient (Wildman–Crippen LogP) is 3.39. The van der Waals surface area contributed by atoms with E-state index in [-0.39, 0.29) is 0 Å². The van der Waals surface area contributed by atoms with Crippen LogP contribution in [0.15, 0.2) is 42.6 Å². The number of ether oxygens (including phenoxy) is 2. The fraction of sp³-hybridized carbons (Fsp3) is 0.222. The molecule has 0 aliphatic rings. The molecule has 3 aromatic rings. The van der Waals surface area contributed by atoms with E-state index in [0.29, 0.717) is 6.42 Å². The molecule has 0 amide bonds. The molecule has 0 bridgehead atoms. The molecule has 2 aromatic carbocycles. The molecule has 0 aliphatic heterocycles. The van der Waals surface area contributed by atoms with Crippen LogP contribution < -0.4 is 9.47 Å². The van der Waals surface area contributed by atoms with Gasteiger partial charge in [-0.25, -0.2) is 0 Å². The summed E-state index contributed by atoms with van der Waals surface area (Å²) in [5.41, 5.74) is 5.17. The van der Waals surface area contributed by atoms with E-state index in [1.165, 1.54) is 5.56 Å². The molecule has 0 unspecified atom stereocenters. The molecule has 0 radical (unpaired) electrons. The highest BCUT2D eigenvalue weighted by atomic mass is 16.5. The van der Waals surface area contributed by atoms with Crippen molar-refractivity contribution in [3.8, 4) is 22.6 Å². The van der Waals surface area contributed by atoms with Gasteiger partial charge in [-0.15, -0.1) is 0 Å². The van der Waals surface area contributed by atoms with Crippen LogP contribution >= 0.6 is 0 Å². The number of aromatic nitrogens is 3. The average molecular weight is 309 g/mol. The summed E-state index contributed by atoms with van der Waals surface area (Å²) in [6.45, 7) is 2.07. The molecule has 0 aliphatic carbocycles. The standard InChI is InChI=1S/C18H19N3O2/c1-12-4-6-14(7-5-12)18-16(22-2)9-13(10-17(18)23-3)8-15-11-19-21-20-15/h4-7,9-11H,8H2,1-3H3,(H,19,20,21). The first-order valence-electron chi connectivity index (χ1n) is 7.38. The summed E-state index contributed by atoms with van der Waals surface area (Å²) in [7, 11) is 3.35. The van der Waals surface area contributed by atoms with E-state index in [0.717, 1.165) is 33.9 Å². The van der Waals surface area contributed by atoms with Crippen molar-refractivity contribution in [3.63, 3.8) is 0 Å². The van der Waals surface area contributed by atoms with Crippen LogP contribution in [0.3, 0.4) is 0 Å². The maximum Gasteiger partial charge on any atom is 0.130 e. The highest BCUT2D eigenvalue weighted by Crippen LogP contribution is 2.40. The number of aromatic amines is 1. The zero-order valence-corrected chi connectivity index (χ0v) is 13.5. The Hall–Kier alpha value is -2.82. The first-order chi connectivity index (χ1) is 11.2. The van der Waals surface area contributed by atoms with E-state index in [1.807, 2.05) is 12.1 Å². The topological polar surface area (TPSA) is 60.0 Å². The van der Waals surface area contributed by atoms with Crippen molar-refractivity contribution in [3.05, 3.63) is 59.4 Å². The number of H-pyrrole nitrogens is 1. The number of benzene rings is 2. The van der Waals surface area contributed by atoms with Crippen LogP contribution in [0.5, 0.6) is 11.5 Å². The number of hydrogen-bond donors (Lipinski definition) is 1. The first kappa shape index (κ1) is 15.1. The molecule has 5 heteroatoms. The Kier molecular flexibility index (Phi) is 4.28. The average Bonchev–Trinajstić information content (AvgIpc) is 3.08. The molecule has 118 valence electrons. The van der Waals surface area contributed by atoms with E-state index in [9.17, 15) is 0 Å². The van der Waals surface area contributed by atoms with Crippen LogP contribution in [-0.4, -0.2) is 29.6 Å². The summed E-state index contributed by atoms with van der Waals surface area (Å²) < 4.78 is 11.2. The summed E-state index contributed by atoms with van der Waals surface area (Å²) in [5, 5.41) is 10.6. The summed E-state index contributed by atoms with van der Waals surface area (Å²) in [5.74, 6) is 1.57. The van der Waals surface area contributed by atoms with Gasteiger partial charge in [0, 0.05) is 6.42 Å². The van der Waals surface area contributed by atoms with Gasteiger partial charge in [-0.2, -0.15) is 15.4 Å². The van der Waals surface area contributed by atoms with Gasteiger partial charge >= 0.3 is 0 Å². The highest BCUT2D eigenvalue weighted by Gasteiger charge is 2.15. The second-order valence-electron chi connectivity index (χ2n) is 5.38. The van der Waals surface area contributed by atoms with E-state index in [2.05, 4.69) is 46.6 Å². The van der Waals surface area contributed by atoms with Crippen LogP contribution in [0.1, 0.15) is 16.8 Å². The van der Waals surface area contributed by atoms with Crippen LogP contribution in [0, 0.1) is 6.92 Å². The van der Waals surface area contributed by atoms with Gasteiger partial charge in [0.15, 0.2) is 0 Å². The Morgan fingerprint density at radius 1 is 1.00 bits per heavy atom. The van der Waals surface area contributed by atoms with Crippen molar-refractivity contribution in [2.24, 2.45) is 0 Å². The van der Waals surface area contributed by atoms with Crippen LogP contribution in [0.2, 0.25) is 0 Å². The molecular weight excluding hydrogens is 290 g/mol. The third-order valence-corrected chi connectivity index (χ3v) is 3.76. The fourth-order valence-electron chi connectivity index (χ4n) is 2.59. The Morgan fingerprint density at radius 2 is 1.65 bits per heavy atom. The molecule has 0 saturated heterocycles. The lowest BCUT2D eigenvalue weighted by molar-refractivity contribution is 0.396. The van der Waals surface area contributed by atoms with E-state index < -0.39 is 0 Å². The third kappa shape index (κ3) is 3.18. The van der Waals surface area contributed by atoms with Crippen LogP contribution in [-0.2, 0) is 6.42 Å². The van der Waals surface area contributed by atoms with Gasteiger partial charge in [0.25, 0.3) is 0 Å².